The molecule has 0 amide bonds. The van der Waals surface area contributed by atoms with Gasteiger partial charge in [-0.3, -0.25) is 14.4 Å². The SMILES string of the molecule is CC/C=C\C/C=C\C/C=C\C/C=C\C/C=C\CCC(=O)OC(COC(=O)CCCCCCCC/C=C\C/C=C\C/C=C\CC)COC(=O)CCCCCCCCCCCCCCCCCCC. The first kappa shape index (κ1) is 63.3. The summed E-state index contributed by atoms with van der Waals surface area (Å²) in [6.07, 6.45) is 72.6. The van der Waals surface area contributed by atoms with Gasteiger partial charge < -0.3 is 14.2 Å². The van der Waals surface area contributed by atoms with Gasteiger partial charge in [0, 0.05) is 19.3 Å². The van der Waals surface area contributed by atoms with Crippen molar-refractivity contribution in [1.29, 1.82) is 0 Å². The number of ether oxygens (including phenoxy) is 3. The van der Waals surface area contributed by atoms with E-state index < -0.39 is 12.1 Å². The molecule has 0 heterocycles. The standard InChI is InChI=1S/C61H102O6/c1-4-7-10-13-16-19-22-25-28-31-34-36-39-42-45-48-51-54-60(63)66-57-58(67-61(64)55-52-49-46-43-40-37-33-30-27-24-21-18-15-12-9-6-3)56-65-59(62)53-50-47-44-41-38-35-32-29-26-23-20-17-14-11-8-5-2/h8-9,11-12,17-18,20-21,26-27,29-30,37,40,46,49,58H,4-7,10,13-16,19,22-25,28,31-36,38-39,41-45,47-48,50-57H2,1-3H3/b11-8-,12-9-,20-17-,21-18-,29-26-,30-27-,40-37-,49-46-. The average molecular weight is 931 g/mol. The summed E-state index contributed by atoms with van der Waals surface area (Å²) < 4.78 is 16.8. The van der Waals surface area contributed by atoms with E-state index in [-0.39, 0.29) is 31.6 Å². The molecule has 0 aromatic carbocycles. The van der Waals surface area contributed by atoms with Gasteiger partial charge in [-0.1, -0.05) is 246 Å². The van der Waals surface area contributed by atoms with Crippen molar-refractivity contribution in [3.63, 3.8) is 0 Å². The minimum atomic E-state index is -0.822. The second kappa shape index (κ2) is 54.9. The molecule has 0 aromatic rings. The zero-order valence-corrected chi connectivity index (χ0v) is 43.6. The van der Waals surface area contributed by atoms with Gasteiger partial charge in [-0.05, 0) is 83.5 Å². The van der Waals surface area contributed by atoms with Crippen LogP contribution >= 0.6 is 0 Å². The fourth-order valence-electron chi connectivity index (χ4n) is 7.51. The Morgan fingerprint density at radius 1 is 0.313 bits per heavy atom. The van der Waals surface area contributed by atoms with Crippen LogP contribution in [0.5, 0.6) is 0 Å². The van der Waals surface area contributed by atoms with E-state index in [1.165, 1.54) is 103 Å². The summed E-state index contributed by atoms with van der Waals surface area (Å²) in [4.78, 5) is 38.1. The fourth-order valence-corrected chi connectivity index (χ4v) is 7.51. The van der Waals surface area contributed by atoms with Crippen LogP contribution in [0.4, 0.5) is 0 Å². The van der Waals surface area contributed by atoms with Crippen LogP contribution in [0.25, 0.3) is 0 Å². The molecule has 0 bridgehead atoms. The van der Waals surface area contributed by atoms with Gasteiger partial charge in [0.05, 0.1) is 0 Å². The van der Waals surface area contributed by atoms with E-state index in [0.29, 0.717) is 19.3 Å². The first-order valence-corrected chi connectivity index (χ1v) is 27.7. The molecule has 1 atom stereocenters. The maximum atomic E-state index is 12.8. The number of allylic oxidation sites excluding steroid dienone is 16. The molecule has 0 aliphatic rings. The summed E-state index contributed by atoms with van der Waals surface area (Å²) in [5.41, 5.74) is 0. The third-order valence-electron chi connectivity index (χ3n) is 11.6. The molecule has 0 fully saturated rings. The third kappa shape index (κ3) is 53.2. The second-order valence-electron chi connectivity index (χ2n) is 18.1. The van der Waals surface area contributed by atoms with Gasteiger partial charge in [-0.2, -0.15) is 0 Å². The van der Waals surface area contributed by atoms with Gasteiger partial charge in [0.2, 0.25) is 0 Å². The van der Waals surface area contributed by atoms with Crippen LogP contribution in [0.2, 0.25) is 0 Å². The summed E-state index contributed by atoms with van der Waals surface area (Å²) in [5, 5.41) is 0. The molecule has 0 saturated heterocycles. The van der Waals surface area contributed by atoms with E-state index in [9.17, 15) is 14.4 Å². The van der Waals surface area contributed by atoms with Crippen LogP contribution in [0.1, 0.15) is 252 Å². The van der Waals surface area contributed by atoms with Gasteiger partial charge in [0.15, 0.2) is 6.10 Å². The number of hydrogen-bond donors (Lipinski definition) is 0. The van der Waals surface area contributed by atoms with Crippen LogP contribution in [0.15, 0.2) is 97.2 Å². The molecular weight excluding hydrogens is 829 g/mol. The molecule has 0 aliphatic heterocycles. The summed E-state index contributed by atoms with van der Waals surface area (Å²) in [5.74, 6) is -1.00. The first-order valence-electron chi connectivity index (χ1n) is 27.7. The predicted molar refractivity (Wildman–Crippen MR) is 288 cm³/mol. The Bertz CT molecular complexity index is 1350. The first-order chi connectivity index (χ1) is 33.0. The predicted octanol–water partition coefficient (Wildman–Crippen LogP) is 18.5. The zero-order valence-electron chi connectivity index (χ0n) is 43.6. The van der Waals surface area contributed by atoms with Crippen LogP contribution < -0.4 is 0 Å². The minimum Gasteiger partial charge on any atom is -0.462 e. The number of hydrogen-bond acceptors (Lipinski definition) is 6. The molecule has 0 N–H and O–H groups in total. The van der Waals surface area contributed by atoms with E-state index in [4.69, 9.17) is 14.2 Å². The number of carbonyl (C=O) groups excluding carboxylic acids is 3. The minimum absolute atomic E-state index is 0.110. The molecule has 0 saturated carbocycles. The van der Waals surface area contributed by atoms with Crippen molar-refractivity contribution in [2.45, 2.75) is 258 Å². The van der Waals surface area contributed by atoms with E-state index in [0.717, 1.165) is 103 Å². The van der Waals surface area contributed by atoms with E-state index in [2.05, 4.69) is 106 Å². The zero-order chi connectivity index (χ0) is 48.6. The molecule has 382 valence electrons. The number of esters is 3. The fraction of sp³-hybridized carbons (Fsp3) is 0.689. The molecule has 0 spiro atoms. The Morgan fingerprint density at radius 2 is 0.612 bits per heavy atom. The van der Waals surface area contributed by atoms with Gasteiger partial charge in [-0.15, -0.1) is 0 Å². The highest BCUT2D eigenvalue weighted by Crippen LogP contribution is 2.15. The van der Waals surface area contributed by atoms with Gasteiger partial charge in [0.25, 0.3) is 0 Å². The molecule has 0 aromatic heterocycles. The molecular formula is C61H102O6. The van der Waals surface area contributed by atoms with Crippen LogP contribution in [-0.4, -0.2) is 37.2 Å². The van der Waals surface area contributed by atoms with Gasteiger partial charge >= 0.3 is 17.9 Å². The lowest BCUT2D eigenvalue weighted by atomic mass is 10.0. The second-order valence-corrected chi connectivity index (χ2v) is 18.1. The smallest absolute Gasteiger partial charge is 0.306 e. The van der Waals surface area contributed by atoms with Crippen molar-refractivity contribution < 1.29 is 28.6 Å². The molecule has 6 heteroatoms. The maximum Gasteiger partial charge on any atom is 0.306 e. The molecule has 0 radical (unpaired) electrons. The van der Waals surface area contributed by atoms with Crippen molar-refractivity contribution in [1.82, 2.24) is 0 Å². The summed E-state index contributed by atoms with van der Waals surface area (Å²) >= 11 is 0. The number of rotatable bonds is 49. The Hall–Kier alpha value is -3.67. The van der Waals surface area contributed by atoms with Crippen molar-refractivity contribution in [2.75, 3.05) is 13.2 Å². The molecule has 0 rings (SSSR count). The highest BCUT2D eigenvalue weighted by molar-refractivity contribution is 5.71. The lowest BCUT2D eigenvalue weighted by Crippen LogP contribution is -2.30. The van der Waals surface area contributed by atoms with E-state index >= 15 is 0 Å². The highest BCUT2D eigenvalue weighted by Gasteiger charge is 2.19. The molecule has 1 unspecified atom stereocenters. The summed E-state index contributed by atoms with van der Waals surface area (Å²) in [7, 11) is 0. The Balaban J connectivity index is 4.49. The number of unbranched alkanes of at least 4 members (excludes halogenated alkanes) is 22. The Morgan fingerprint density at radius 3 is 0.970 bits per heavy atom. The van der Waals surface area contributed by atoms with Gasteiger partial charge in [0.1, 0.15) is 13.2 Å². The van der Waals surface area contributed by atoms with Crippen LogP contribution in [0, 0.1) is 0 Å². The summed E-state index contributed by atoms with van der Waals surface area (Å²) in [6.45, 7) is 6.35. The van der Waals surface area contributed by atoms with Crippen molar-refractivity contribution in [3.8, 4) is 0 Å². The lowest BCUT2D eigenvalue weighted by molar-refractivity contribution is -0.166. The maximum absolute atomic E-state index is 12.8. The lowest BCUT2D eigenvalue weighted by Gasteiger charge is -2.18. The summed E-state index contributed by atoms with van der Waals surface area (Å²) in [6, 6.07) is 0. The van der Waals surface area contributed by atoms with E-state index in [1.807, 2.05) is 12.2 Å². The molecule has 67 heavy (non-hydrogen) atoms. The quantitative estimate of drug-likeness (QED) is 0.0262. The Kier molecular flexibility index (Phi) is 51.9. The Labute approximate surface area is 413 Å². The monoisotopic (exact) mass is 931 g/mol. The van der Waals surface area contributed by atoms with Gasteiger partial charge in [-0.25, -0.2) is 0 Å². The van der Waals surface area contributed by atoms with Crippen molar-refractivity contribution >= 4 is 17.9 Å². The number of carbonyl (C=O) groups is 3. The highest BCUT2D eigenvalue weighted by atomic mass is 16.6. The molecule has 0 aliphatic carbocycles. The largest absolute Gasteiger partial charge is 0.462 e. The third-order valence-corrected chi connectivity index (χ3v) is 11.6. The van der Waals surface area contributed by atoms with Crippen LogP contribution in [-0.2, 0) is 28.6 Å². The molecule has 6 nitrogen and oxygen atoms in total. The van der Waals surface area contributed by atoms with Crippen molar-refractivity contribution in [3.05, 3.63) is 97.2 Å². The average Bonchev–Trinajstić information content (AvgIpc) is 3.33. The van der Waals surface area contributed by atoms with Crippen molar-refractivity contribution in [2.24, 2.45) is 0 Å². The normalized spacial score (nSPS) is 12.8. The van der Waals surface area contributed by atoms with E-state index in [1.54, 1.807) is 0 Å². The topological polar surface area (TPSA) is 78.9 Å². The van der Waals surface area contributed by atoms with Crippen LogP contribution in [0.3, 0.4) is 0 Å².